The minimum atomic E-state index is -0.392. The summed E-state index contributed by atoms with van der Waals surface area (Å²) < 4.78 is 26.7. The molecule has 2 aromatic carbocycles. The van der Waals surface area contributed by atoms with Crippen LogP contribution in [0.2, 0.25) is 0 Å². The zero-order chi connectivity index (χ0) is 18.7. The summed E-state index contributed by atoms with van der Waals surface area (Å²) in [6.45, 7) is 0.192. The average molecular weight is 356 g/mol. The fourth-order valence-corrected chi connectivity index (χ4v) is 2.96. The van der Waals surface area contributed by atoms with E-state index in [1.807, 2.05) is 24.3 Å². The highest BCUT2D eigenvalue weighted by atomic mass is 16.5. The number of ether oxygens (including phenoxy) is 5. The van der Waals surface area contributed by atoms with Crippen LogP contribution in [0, 0.1) is 0 Å². The van der Waals surface area contributed by atoms with Crippen molar-refractivity contribution in [1.82, 2.24) is 0 Å². The molecule has 26 heavy (non-hydrogen) atoms. The lowest BCUT2D eigenvalue weighted by Gasteiger charge is -2.14. The molecule has 0 atom stereocenters. The minimum Gasteiger partial charge on any atom is -0.497 e. The van der Waals surface area contributed by atoms with Gasteiger partial charge in [-0.05, 0) is 35.4 Å². The molecular formula is C20H20O6. The van der Waals surface area contributed by atoms with Crippen molar-refractivity contribution in [2.75, 3.05) is 35.0 Å². The summed E-state index contributed by atoms with van der Waals surface area (Å²) in [5.74, 6) is 1.72. The Morgan fingerprint density at radius 2 is 1.54 bits per heavy atom. The number of rotatable bonds is 6. The number of carbonyl (C=O) groups excluding carboxylic acids is 1. The highest BCUT2D eigenvalue weighted by Crippen LogP contribution is 2.43. The molecule has 0 saturated heterocycles. The van der Waals surface area contributed by atoms with Crippen LogP contribution in [0.4, 0.5) is 0 Å². The predicted octanol–water partition coefficient (Wildman–Crippen LogP) is 3.19. The number of hydrogen-bond donors (Lipinski definition) is 0. The van der Waals surface area contributed by atoms with E-state index in [1.165, 1.54) is 21.3 Å². The molecule has 3 rings (SSSR count). The Bertz CT molecular complexity index is 843. The summed E-state index contributed by atoms with van der Waals surface area (Å²) in [5.41, 5.74) is 2.75. The van der Waals surface area contributed by atoms with Crippen LogP contribution < -0.4 is 18.9 Å². The standard InChI is InChI=1S/C20H20O6/c1-22-14-7-5-6-12(8-14)15-11-26-20(21)18(15)13-9-16(23-2)19(25-4)17(10-13)24-3/h5-10H,11H2,1-4H3. The Hall–Kier alpha value is -3.15. The van der Waals surface area contributed by atoms with Crippen molar-refractivity contribution in [2.45, 2.75) is 0 Å². The molecule has 136 valence electrons. The molecule has 0 radical (unpaired) electrons. The van der Waals surface area contributed by atoms with Crippen LogP contribution in [-0.2, 0) is 9.53 Å². The van der Waals surface area contributed by atoms with Crippen molar-refractivity contribution in [3.63, 3.8) is 0 Å². The van der Waals surface area contributed by atoms with Gasteiger partial charge in [0.05, 0.1) is 34.0 Å². The molecule has 0 saturated carbocycles. The zero-order valence-electron chi connectivity index (χ0n) is 15.1. The molecule has 6 nitrogen and oxygen atoms in total. The molecule has 0 N–H and O–H groups in total. The van der Waals surface area contributed by atoms with Crippen LogP contribution >= 0.6 is 0 Å². The van der Waals surface area contributed by atoms with E-state index in [1.54, 1.807) is 19.2 Å². The van der Waals surface area contributed by atoms with Gasteiger partial charge in [-0.3, -0.25) is 0 Å². The highest BCUT2D eigenvalue weighted by Gasteiger charge is 2.29. The van der Waals surface area contributed by atoms with Gasteiger partial charge in [-0.1, -0.05) is 12.1 Å². The summed E-state index contributed by atoms with van der Waals surface area (Å²) in [5, 5.41) is 0. The largest absolute Gasteiger partial charge is 0.497 e. The Balaban J connectivity index is 2.20. The molecule has 6 heteroatoms. The van der Waals surface area contributed by atoms with Crippen molar-refractivity contribution in [3.05, 3.63) is 47.5 Å². The molecule has 1 aliphatic heterocycles. The Labute approximate surface area is 151 Å². The minimum absolute atomic E-state index is 0.192. The van der Waals surface area contributed by atoms with Crippen molar-refractivity contribution in [2.24, 2.45) is 0 Å². The molecule has 0 spiro atoms. The van der Waals surface area contributed by atoms with E-state index in [2.05, 4.69) is 0 Å². The van der Waals surface area contributed by atoms with Gasteiger partial charge in [0.25, 0.3) is 0 Å². The van der Waals surface area contributed by atoms with Gasteiger partial charge in [0.1, 0.15) is 12.4 Å². The monoisotopic (exact) mass is 356 g/mol. The second-order valence-corrected chi connectivity index (χ2v) is 5.58. The maximum Gasteiger partial charge on any atom is 0.339 e. The molecular weight excluding hydrogens is 336 g/mol. The van der Waals surface area contributed by atoms with E-state index in [9.17, 15) is 4.79 Å². The third-order valence-electron chi connectivity index (χ3n) is 4.23. The number of cyclic esters (lactones) is 1. The molecule has 2 aromatic rings. The molecule has 1 heterocycles. The van der Waals surface area contributed by atoms with E-state index >= 15 is 0 Å². The molecule has 0 unspecified atom stereocenters. The first kappa shape index (κ1) is 17.7. The Kier molecular flexibility index (Phi) is 5.02. The van der Waals surface area contributed by atoms with Crippen LogP contribution in [-0.4, -0.2) is 41.0 Å². The SMILES string of the molecule is COc1cccc(C2=C(c3cc(OC)c(OC)c(OC)c3)C(=O)OC2)c1. The predicted molar refractivity (Wildman–Crippen MR) is 96.9 cm³/mol. The third kappa shape index (κ3) is 3.06. The summed E-state index contributed by atoms with van der Waals surface area (Å²) in [6, 6.07) is 11.0. The smallest absolute Gasteiger partial charge is 0.339 e. The first-order chi connectivity index (χ1) is 12.6. The zero-order valence-corrected chi connectivity index (χ0v) is 15.1. The molecule has 0 aromatic heterocycles. The topological polar surface area (TPSA) is 63.2 Å². The lowest BCUT2D eigenvalue weighted by atomic mass is 9.96. The second-order valence-electron chi connectivity index (χ2n) is 5.58. The number of carbonyl (C=O) groups is 1. The van der Waals surface area contributed by atoms with Gasteiger partial charge in [-0.2, -0.15) is 0 Å². The normalized spacial score (nSPS) is 13.5. The van der Waals surface area contributed by atoms with Crippen molar-refractivity contribution >= 4 is 17.1 Å². The number of methoxy groups -OCH3 is 4. The second kappa shape index (κ2) is 7.39. The van der Waals surface area contributed by atoms with Gasteiger partial charge < -0.3 is 23.7 Å². The molecule has 0 fully saturated rings. The van der Waals surface area contributed by atoms with Crippen molar-refractivity contribution in [1.29, 1.82) is 0 Å². The van der Waals surface area contributed by atoms with Gasteiger partial charge in [0, 0.05) is 5.57 Å². The quantitative estimate of drug-likeness (QED) is 0.741. The van der Waals surface area contributed by atoms with Crippen molar-refractivity contribution < 1.29 is 28.5 Å². The molecule has 0 amide bonds. The van der Waals surface area contributed by atoms with Gasteiger partial charge in [-0.25, -0.2) is 4.79 Å². The number of esters is 1. The maximum absolute atomic E-state index is 12.4. The molecule has 1 aliphatic rings. The third-order valence-corrected chi connectivity index (χ3v) is 4.23. The Morgan fingerprint density at radius 1 is 0.846 bits per heavy atom. The van der Waals surface area contributed by atoms with Gasteiger partial charge in [-0.15, -0.1) is 0 Å². The van der Waals surface area contributed by atoms with Gasteiger partial charge in [0.15, 0.2) is 11.5 Å². The van der Waals surface area contributed by atoms with E-state index in [-0.39, 0.29) is 6.61 Å². The lowest BCUT2D eigenvalue weighted by Crippen LogP contribution is -2.01. The fourth-order valence-electron chi connectivity index (χ4n) is 2.96. The van der Waals surface area contributed by atoms with Crippen LogP contribution in [0.5, 0.6) is 23.0 Å². The van der Waals surface area contributed by atoms with Crippen LogP contribution in [0.15, 0.2) is 36.4 Å². The van der Waals surface area contributed by atoms with Gasteiger partial charge >= 0.3 is 5.97 Å². The first-order valence-corrected chi connectivity index (χ1v) is 7.98. The highest BCUT2D eigenvalue weighted by molar-refractivity contribution is 6.27. The number of benzene rings is 2. The molecule has 0 bridgehead atoms. The average Bonchev–Trinajstić information content (AvgIpc) is 3.08. The summed E-state index contributed by atoms with van der Waals surface area (Å²) in [7, 11) is 6.20. The lowest BCUT2D eigenvalue weighted by molar-refractivity contribution is -0.133. The maximum atomic E-state index is 12.4. The van der Waals surface area contributed by atoms with Crippen molar-refractivity contribution in [3.8, 4) is 23.0 Å². The van der Waals surface area contributed by atoms with E-state index in [0.717, 1.165) is 11.1 Å². The van der Waals surface area contributed by atoms with E-state index in [0.29, 0.717) is 34.1 Å². The summed E-state index contributed by atoms with van der Waals surface area (Å²) in [6.07, 6.45) is 0. The van der Waals surface area contributed by atoms with E-state index in [4.69, 9.17) is 23.7 Å². The number of hydrogen-bond acceptors (Lipinski definition) is 6. The summed E-state index contributed by atoms with van der Waals surface area (Å²) >= 11 is 0. The van der Waals surface area contributed by atoms with Crippen LogP contribution in [0.25, 0.3) is 11.1 Å². The van der Waals surface area contributed by atoms with Crippen LogP contribution in [0.3, 0.4) is 0 Å². The Morgan fingerprint density at radius 3 is 2.12 bits per heavy atom. The fraction of sp³-hybridized carbons (Fsp3) is 0.250. The summed E-state index contributed by atoms with van der Waals surface area (Å²) in [4.78, 5) is 12.4. The van der Waals surface area contributed by atoms with Gasteiger partial charge in [0.2, 0.25) is 5.75 Å². The molecule has 0 aliphatic carbocycles. The first-order valence-electron chi connectivity index (χ1n) is 7.98. The van der Waals surface area contributed by atoms with Crippen LogP contribution in [0.1, 0.15) is 11.1 Å². The van der Waals surface area contributed by atoms with E-state index < -0.39 is 5.97 Å².